The van der Waals surface area contributed by atoms with Crippen molar-refractivity contribution in [3.05, 3.63) is 56.9 Å². The topological polar surface area (TPSA) is 73.7 Å². The van der Waals surface area contributed by atoms with Crippen LogP contribution in [0.2, 0.25) is 0 Å². The van der Waals surface area contributed by atoms with E-state index in [2.05, 4.69) is 21.0 Å². The molecule has 1 aromatic carbocycles. The Bertz CT molecular complexity index is 777. The van der Waals surface area contributed by atoms with Gasteiger partial charge in [0.05, 0.1) is 19.7 Å². The van der Waals surface area contributed by atoms with E-state index in [0.29, 0.717) is 32.8 Å². The minimum atomic E-state index is -0.264. The van der Waals surface area contributed by atoms with Crippen LogP contribution in [0.3, 0.4) is 0 Å². The van der Waals surface area contributed by atoms with E-state index in [1.165, 1.54) is 16.8 Å². The van der Waals surface area contributed by atoms with E-state index in [1.54, 1.807) is 12.0 Å². The predicted molar refractivity (Wildman–Crippen MR) is 102 cm³/mol. The number of nitrogens with zero attached hydrogens (tertiary/aromatic N) is 3. The zero-order valence-corrected chi connectivity index (χ0v) is 16.4. The van der Waals surface area contributed by atoms with Crippen molar-refractivity contribution in [1.29, 1.82) is 0 Å². The van der Waals surface area contributed by atoms with Gasteiger partial charge in [0.25, 0.3) is 11.5 Å². The van der Waals surface area contributed by atoms with E-state index in [4.69, 9.17) is 9.47 Å². The number of benzene rings is 1. The summed E-state index contributed by atoms with van der Waals surface area (Å²) in [6.07, 6.45) is 0. The van der Waals surface area contributed by atoms with Crippen LogP contribution in [0.15, 0.2) is 45.7 Å². The Balaban J connectivity index is 1.99. The van der Waals surface area contributed by atoms with Gasteiger partial charge in [-0.15, -0.1) is 0 Å². The zero-order valence-electron chi connectivity index (χ0n) is 14.9. The second kappa shape index (κ2) is 10.1. The first-order valence-electron chi connectivity index (χ1n) is 8.30. The zero-order chi connectivity index (χ0) is 18.9. The van der Waals surface area contributed by atoms with Crippen LogP contribution < -0.4 is 10.3 Å². The quantitative estimate of drug-likeness (QED) is 0.617. The molecule has 2 rings (SSSR count). The smallest absolute Gasteiger partial charge is 0.274 e. The van der Waals surface area contributed by atoms with Crippen molar-refractivity contribution in [1.82, 2.24) is 14.7 Å². The summed E-state index contributed by atoms with van der Waals surface area (Å²) in [5.41, 5.74) is -0.0357. The summed E-state index contributed by atoms with van der Waals surface area (Å²) in [4.78, 5) is 26.1. The van der Waals surface area contributed by atoms with Crippen molar-refractivity contribution < 1.29 is 14.3 Å². The molecule has 0 fully saturated rings. The summed E-state index contributed by atoms with van der Waals surface area (Å²) in [7, 11) is 1.55. The van der Waals surface area contributed by atoms with Gasteiger partial charge >= 0.3 is 0 Å². The van der Waals surface area contributed by atoms with Crippen molar-refractivity contribution in [3.8, 4) is 5.75 Å². The summed E-state index contributed by atoms with van der Waals surface area (Å²) in [6, 6.07) is 10.3. The molecular formula is C18H22BrN3O4. The molecule has 0 N–H and O–H groups in total. The SMILES string of the molecule is CCN(CCOc1ccc(Br)cc1)C(=O)c1ccc(=O)n(CCOC)n1. The first-order chi connectivity index (χ1) is 12.5. The maximum atomic E-state index is 12.7. The average molecular weight is 424 g/mol. The summed E-state index contributed by atoms with van der Waals surface area (Å²) in [5.74, 6) is 0.501. The van der Waals surface area contributed by atoms with Gasteiger partial charge in [-0.2, -0.15) is 5.10 Å². The molecule has 0 aliphatic rings. The standard InChI is InChI=1S/C18H22BrN3O4/c1-3-21(10-13-26-15-6-4-14(19)5-7-15)18(24)16-8-9-17(23)22(20-16)11-12-25-2/h4-9H,3,10-13H2,1-2H3. The molecule has 0 saturated carbocycles. The van der Waals surface area contributed by atoms with Gasteiger partial charge in [0, 0.05) is 24.2 Å². The maximum Gasteiger partial charge on any atom is 0.274 e. The number of hydrogen-bond acceptors (Lipinski definition) is 5. The molecule has 0 atom stereocenters. The van der Waals surface area contributed by atoms with E-state index in [9.17, 15) is 9.59 Å². The van der Waals surface area contributed by atoms with E-state index in [-0.39, 0.29) is 17.2 Å². The van der Waals surface area contributed by atoms with Crippen LogP contribution >= 0.6 is 15.9 Å². The van der Waals surface area contributed by atoms with Gasteiger partial charge < -0.3 is 14.4 Å². The highest BCUT2D eigenvalue weighted by molar-refractivity contribution is 9.10. The van der Waals surface area contributed by atoms with Crippen molar-refractivity contribution in [2.45, 2.75) is 13.5 Å². The van der Waals surface area contributed by atoms with Crippen LogP contribution in [0, 0.1) is 0 Å². The van der Waals surface area contributed by atoms with Gasteiger partial charge in [0.15, 0.2) is 0 Å². The third-order valence-electron chi connectivity index (χ3n) is 3.71. The number of ether oxygens (including phenoxy) is 2. The minimum Gasteiger partial charge on any atom is -0.492 e. The lowest BCUT2D eigenvalue weighted by Crippen LogP contribution is -2.36. The van der Waals surface area contributed by atoms with Gasteiger partial charge in [-0.1, -0.05) is 15.9 Å². The van der Waals surface area contributed by atoms with Gasteiger partial charge in [0.2, 0.25) is 0 Å². The molecule has 7 nitrogen and oxygen atoms in total. The Kier molecular flexibility index (Phi) is 7.80. The Morgan fingerprint density at radius 1 is 1.19 bits per heavy atom. The fourth-order valence-electron chi connectivity index (χ4n) is 2.27. The van der Waals surface area contributed by atoms with Gasteiger partial charge in [-0.3, -0.25) is 9.59 Å². The molecule has 26 heavy (non-hydrogen) atoms. The normalized spacial score (nSPS) is 10.6. The number of aromatic nitrogens is 2. The Morgan fingerprint density at radius 2 is 1.92 bits per heavy atom. The van der Waals surface area contributed by atoms with Gasteiger partial charge in [-0.05, 0) is 37.3 Å². The summed E-state index contributed by atoms with van der Waals surface area (Å²) < 4.78 is 12.8. The summed E-state index contributed by atoms with van der Waals surface area (Å²) in [5, 5.41) is 4.14. The fraction of sp³-hybridized carbons (Fsp3) is 0.389. The lowest BCUT2D eigenvalue weighted by atomic mass is 10.3. The maximum absolute atomic E-state index is 12.7. The first-order valence-corrected chi connectivity index (χ1v) is 9.09. The molecule has 0 unspecified atom stereocenters. The monoisotopic (exact) mass is 423 g/mol. The second-order valence-corrected chi connectivity index (χ2v) is 6.38. The molecule has 1 heterocycles. The first kappa shape index (κ1) is 20.1. The Morgan fingerprint density at radius 3 is 2.58 bits per heavy atom. The Labute approximate surface area is 160 Å². The molecule has 0 aliphatic heterocycles. The lowest BCUT2D eigenvalue weighted by molar-refractivity contribution is 0.0730. The third-order valence-corrected chi connectivity index (χ3v) is 4.23. The van der Waals surface area contributed by atoms with Crippen LogP contribution in [0.1, 0.15) is 17.4 Å². The largest absolute Gasteiger partial charge is 0.492 e. The molecule has 0 bridgehead atoms. The van der Waals surface area contributed by atoms with Crippen molar-refractivity contribution >= 4 is 21.8 Å². The predicted octanol–water partition coefficient (Wildman–Crippen LogP) is 2.19. The second-order valence-electron chi connectivity index (χ2n) is 5.46. The number of amides is 1. The molecule has 0 spiro atoms. The highest BCUT2D eigenvalue weighted by atomic mass is 79.9. The number of rotatable bonds is 9. The number of methoxy groups -OCH3 is 1. The molecule has 1 amide bonds. The highest BCUT2D eigenvalue weighted by Gasteiger charge is 2.17. The van der Waals surface area contributed by atoms with Gasteiger partial charge in [0.1, 0.15) is 18.1 Å². The average Bonchev–Trinajstić information content (AvgIpc) is 2.65. The number of hydrogen-bond donors (Lipinski definition) is 0. The number of carbonyl (C=O) groups is 1. The number of likely N-dealkylation sites (N-methyl/N-ethyl adjacent to an activating group) is 1. The van der Waals surface area contributed by atoms with Gasteiger partial charge in [-0.25, -0.2) is 4.68 Å². The van der Waals surface area contributed by atoms with Crippen molar-refractivity contribution in [3.63, 3.8) is 0 Å². The molecule has 140 valence electrons. The van der Waals surface area contributed by atoms with Crippen LogP contribution in [0.25, 0.3) is 0 Å². The van der Waals surface area contributed by atoms with E-state index in [0.717, 1.165) is 10.2 Å². The van der Waals surface area contributed by atoms with Crippen LogP contribution in [0.5, 0.6) is 5.75 Å². The molecular weight excluding hydrogens is 402 g/mol. The Hall–Kier alpha value is -2.19. The van der Waals surface area contributed by atoms with Crippen molar-refractivity contribution in [2.24, 2.45) is 0 Å². The highest BCUT2D eigenvalue weighted by Crippen LogP contribution is 2.16. The van der Waals surface area contributed by atoms with Crippen molar-refractivity contribution in [2.75, 3.05) is 33.4 Å². The fourth-order valence-corrected chi connectivity index (χ4v) is 2.54. The molecule has 0 saturated heterocycles. The molecule has 8 heteroatoms. The minimum absolute atomic E-state index is 0.228. The van der Waals surface area contributed by atoms with E-state index in [1.807, 2.05) is 31.2 Å². The molecule has 1 aromatic heterocycles. The van der Waals surface area contributed by atoms with Crippen LogP contribution in [0.4, 0.5) is 0 Å². The lowest BCUT2D eigenvalue weighted by Gasteiger charge is -2.21. The van der Waals surface area contributed by atoms with E-state index < -0.39 is 0 Å². The third kappa shape index (κ3) is 5.67. The van der Waals surface area contributed by atoms with E-state index >= 15 is 0 Å². The summed E-state index contributed by atoms with van der Waals surface area (Å²) in [6.45, 7) is 3.84. The summed E-state index contributed by atoms with van der Waals surface area (Å²) >= 11 is 3.37. The molecule has 0 radical (unpaired) electrons. The molecule has 0 aliphatic carbocycles. The number of carbonyl (C=O) groups excluding carboxylic acids is 1. The number of halogens is 1. The molecule has 2 aromatic rings. The van der Waals surface area contributed by atoms with Crippen LogP contribution in [-0.2, 0) is 11.3 Å². The van der Waals surface area contributed by atoms with Crippen LogP contribution in [-0.4, -0.2) is 54.0 Å².